The Balaban J connectivity index is 2.69. The Kier molecular flexibility index (Phi) is 11.0. The topological polar surface area (TPSA) is 114 Å². The van der Waals surface area contributed by atoms with Crippen LogP contribution in [-0.4, -0.2) is 62.9 Å². The van der Waals surface area contributed by atoms with Gasteiger partial charge in [-0.25, -0.2) is 22.7 Å². The van der Waals surface area contributed by atoms with Gasteiger partial charge in [-0.2, -0.15) is 0 Å². The Hall–Kier alpha value is -2.33. The highest BCUT2D eigenvalue weighted by molar-refractivity contribution is 7.89. The number of amides is 2. The van der Waals surface area contributed by atoms with E-state index < -0.39 is 33.4 Å². The van der Waals surface area contributed by atoms with E-state index in [0.717, 1.165) is 5.56 Å². The quantitative estimate of drug-likeness (QED) is 0.447. The van der Waals surface area contributed by atoms with Crippen LogP contribution in [0.3, 0.4) is 0 Å². The minimum atomic E-state index is -3.68. The van der Waals surface area contributed by atoms with Gasteiger partial charge in [0.15, 0.2) is 0 Å². The van der Waals surface area contributed by atoms with E-state index in [9.17, 15) is 18.0 Å². The van der Waals surface area contributed by atoms with Gasteiger partial charge < -0.3 is 19.7 Å². The number of nitrogens with one attached hydrogen (secondary N) is 2. The first kappa shape index (κ1) is 30.7. The van der Waals surface area contributed by atoms with Crippen LogP contribution in [0, 0.1) is 20.8 Å². The first-order valence-electron chi connectivity index (χ1n) is 11.9. The van der Waals surface area contributed by atoms with Crippen LogP contribution < -0.4 is 10.0 Å². The molecule has 0 aliphatic carbocycles. The lowest BCUT2D eigenvalue weighted by Crippen LogP contribution is -2.40. The fraction of sp³-hybridized carbons (Fsp3) is 0.680. The lowest BCUT2D eigenvalue weighted by atomic mass is 10.1. The van der Waals surface area contributed by atoms with Gasteiger partial charge in [0, 0.05) is 26.2 Å². The van der Waals surface area contributed by atoms with Gasteiger partial charge in [-0.3, -0.25) is 0 Å². The normalized spacial score (nSPS) is 12.3. The molecule has 0 fully saturated rings. The van der Waals surface area contributed by atoms with Crippen LogP contribution in [0.1, 0.15) is 71.1 Å². The van der Waals surface area contributed by atoms with Crippen LogP contribution in [0.5, 0.6) is 0 Å². The van der Waals surface area contributed by atoms with Gasteiger partial charge in [0.05, 0.1) is 4.90 Å². The van der Waals surface area contributed by atoms with E-state index in [4.69, 9.17) is 9.47 Å². The number of nitrogens with zero attached hydrogens (tertiary/aromatic N) is 1. The SMILES string of the molecule is Cc1cc(C)c(S(=O)(=O)NCCCN(CCCNC(=O)OC(C)(C)C)C(=O)OC(C)(C)C)c(C)c1. The van der Waals surface area contributed by atoms with Crippen molar-refractivity contribution in [2.45, 2.75) is 91.3 Å². The second kappa shape index (κ2) is 12.6. The fourth-order valence-corrected chi connectivity index (χ4v) is 5.06. The maximum Gasteiger partial charge on any atom is 0.410 e. The van der Waals surface area contributed by atoms with Crippen molar-refractivity contribution in [2.24, 2.45) is 0 Å². The number of ether oxygens (including phenoxy) is 2. The summed E-state index contributed by atoms with van der Waals surface area (Å²) < 4.78 is 39.1. The molecule has 0 heterocycles. The van der Waals surface area contributed by atoms with Gasteiger partial charge in [-0.05, 0) is 86.3 Å². The molecule has 0 aliphatic rings. The second-order valence-corrected chi connectivity index (χ2v) is 12.4. The number of sulfonamides is 1. The van der Waals surface area contributed by atoms with Crippen LogP contribution in [0.25, 0.3) is 0 Å². The third-order valence-corrected chi connectivity index (χ3v) is 6.46. The van der Waals surface area contributed by atoms with Gasteiger partial charge in [-0.1, -0.05) is 17.7 Å². The van der Waals surface area contributed by atoms with Crippen molar-refractivity contribution < 1.29 is 27.5 Å². The molecule has 0 saturated heterocycles. The molecule has 0 aromatic heterocycles. The Morgan fingerprint density at radius 3 is 1.83 bits per heavy atom. The molecular weight excluding hydrogens is 470 g/mol. The number of rotatable bonds is 10. The monoisotopic (exact) mass is 513 g/mol. The van der Waals surface area contributed by atoms with E-state index in [1.165, 1.54) is 4.90 Å². The van der Waals surface area contributed by atoms with Crippen molar-refractivity contribution in [2.75, 3.05) is 26.2 Å². The van der Waals surface area contributed by atoms with E-state index in [1.54, 1.807) is 55.4 Å². The van der Waals surface area contributed by atoms with Crippen molar-refractivity contribution in [1.82, 2.24) is 14.9 Å². The predicted octanol–water partition coefficient (Wildman–Crippen LogP) is 4.43. The Morgan fingerprint density at radius 1 is 0.857 bits per heavy atom. The summed E-state index contributed by atoms with van der Waals surface area (Å²) in [6.07, 6.45) is -0.103. The van der Waals surface area contributed by atoms with Gasteiger partial charge >= 0.3 is 12.2 Å². The molecule has 2 N–H and O–H groups in total. The molecule has 10 heteroatoms. The molecule has 0 spiro atoms. The summed E-state index contributed by atoms with van der Waals surface area (Å²) in [5.74, 6) is 0. The molecule has 0 aliphatic heterocycles. The molecule has 1 rings (SSSR count). The Bertz CT molecular complexity index is 955. The number of hydrogen-bond donors (Lipinski definition) is 2. The van der Waals surface area contributed by atoms with Crippen molar-refractivity contribution >= 4 is 22.2 Å². The van der Waals surface area contributed by atoms with Crippen LogP contribution in [-0.2, 0) is 19.5 Å². The van der Waals surface area contributed by atoms with Crippen LogP contribution >= 0.6 is 0 Å². The lowest BCUT2D eigenvalue weighted by molar-refractivity contribution is 0.0246. The third-order valence-electron chi connectivity index (χ3n) is 4.70. The zero-order valence-electron chi connectivity index (χ0n) is 22.7. The van der Waals surface area contributed by atoms with Crippen LogP contribution in [0.2, 0.25) is 0 Å². The Labute approximate surface area is 211 Å². The molecule has 9 nitrogen and oxygen atoms in total. The van der Waals surface area contributed by atoms with Gasteiger partial charge in [-0.15, -0.1) is 0 Å². The Morgan fingerprint density at radius 2 is 1.34 bits per heavy atom. The number of aryl methyl sites for hydroxylation is 3. The molecule has 35 heavy (non-hydrogen) atoms. The predicted molar refractivity (Wildman–Crippen MR) is 137 cm³/mol. The number of carbonyl (C=O) groups excluding carboxylic acids is 2. The van der Waals surface area contributed by atoms with E-state index in [1.807, 2.05) is 19.1 Å². The van der Waals surface area contributed by atoms with Crippen molar-refractivity contribution in [3.8, 4) is 0 Å². The highest BCUT2D eigenvalue weighted by atomic mass is 32.2. The zero-order chi connectivity index (χ0) is 27.0. The summed E-state index contributed by atoms with van der Waals surface area (Å²) >= 11 is 0. The molecule has 200 valence electrons. The smallest absolute Gasteiger partial charge is 0.410 e. The zero-order valence-corrected chi connectivity index (χ0v) is 23.5. The molecule has 0 saturated carbocycles. The van der Waals surface area contributed by atoms with E-state index in [-0.39, 0.29) is 6.54 Å². The van der Waals surface area contributed by atoms with Crippen LogP contribution in [0.15, 0.2) is 17.0 Å². The molecule has 0 unspecified atom stereocenters. The van der Waals surface area contributed by atoms with Gasteiger partial charge in [0.25, 0.3) is 0 Å². The summed E-state index contributed by atoms with van der Waals surface area (Å²) in [5.41, 5.74) is 1.15. The van der Waals surface area contributed by atoms with Crippen molar-refractivity contribution in [3.63, 3.8) is 0 Å². The van der Waals surface area contributed by atoms with E-state index in [0.29, 0.717) is 48.5 Å². The third kappa shape index (κ3) is 11.8. The molecule has 2 amide bonds. The number of benzene rings is 1. The van der Waals surface area contributed by atoms with Gasteiger partial charge in [0.2, 0.25) is 10.0 Å². The number of hydrogen-bond acceptors (Lipinski definition) is 6. The summed E-state index contributed by atoms with van der Waals surface area (Å²) in [4.78, 5) is 26.3. The number of alkyl carbamates (subject to hydrolysis) is 1. The highest BCUT2D eigenvalue weighted by Gasteiger charge is 2.23. The van der Waals surface area contributed by atoms with E-state index >= 15 is 0 Å². The van der Waals surface area contributed by atoms with Crippen molar-refractivity contribution in [3.05, 3.63) is 28.8 Å². The molecule has 0 atom stereocenters. The molecule has 0 bridgehead atoms. The maximum absolute atomic E-state index is 12.9. The molecule has 0 radical (unpaired) electrons. The largest absolute Gasteiger partial charge is 0.444 e. The molecule has 1 aromatic carbocycles. The summed E-state index contributed by atoms with van der Waals surface area (Å²) in [6, 6.07) is 3.69. The minimum Gasteiger partial charge on any atom is -0.444 e. The summed E-state index contributed by atoms with van der Waals surface area (Å²) in [7, 11) is -3.68. The minimum absolute atomic E-state index is 0.171. The van der Waals surface area contributed by atoms with Crippen molar-refractivity contribution in [1.29, 1.82) is 0 Å². The van der Waals surface area contributed by atoms with Crippen LogP contribution in [0.4, 0.5) is 9.59 Å². The molecular formula is C25H43N3O6S. The summed E-state index contributed by atoms with van der Waals surface area (Å²) in [5, 5.41) is 2.67. The average Bonchev–Trinajstić information content (AvgIpc) is 2.62. The highest BCUT2D eigenvalue weighted by Crippen LogP contribution is 2.21. The first-order valence-corrected chi connectivity index (χ1v) is 13.4. The lowest BCUT2D eigenvalue weighted by Gasteiger charge is -2.27. The summed E-state index contributed by atoms with van der Waals surface area (Å²) in [6.45, 7) is 17.3. The second-order valence-electron chi connectivity index (χ2n) is 10.7. The first-order chi connectivity index (χ1) is 15.9. The fourth-order valence-electron chi connectivity index (χ4n) is 3.53. The van der Waals surface area contributed by atoms with E-state index in [2.05, 4.69) is 10.0 Å². The standard InChI is InChI=1S/C25H43N3O6S/c1-18-16-19(2)21(20(3)17-18)35(31,32)27-13-11-15-28(23(30)34-25(7,8)9)14-10-12-26-22(29)33-24(4,5)6/h16-17,27H,10-15H2,1-9H3,(H,26,29). The van der Waals surface area contributed by atoms with Gasteiger partial charge in [0.1, 0.15) is 11.2 Å². The maximum atomic E-state index is 12.9. The number of carbonyl (C=O) groups is 2. The average molecular weight is 514 g/mol. The molecule has 1 aromatic rings.